The first-order valence-electron chi connectivity index (χ1n) is 10.3. The third-order valence-electron chi connectivity index (χ3n) is 4.97. The number of hydrogen-bond acceptors (Lipinski definition) is 6. The van der Waals surface area contributed by atoms with E-state index >= 15 is 0 Å². The number of benzene rings is 2. The van der Waals surface area contributed by atoms with Gasteiger partial charge in [0.25, 0.3) is 11.8 Å². The minimum Gasteiger partial charge on any atom is -0.495 e. The zero-order valence-corrected chi connectivity index (χ0v) is 18.9. The fourth-order valence-electron chi connectivity index (χ4n) is 3.26. The minimum atomic E-state index is -3.88. The number of morpholine rings is 1. The van der Waals surface area contributed by atoms with E-state index in [9.17, 15) is 18.0 Å². The quantitative estimate of drug-likeness (QED) is 0.622. The summed E-state index contributed by atoms with van der Waals surface area (Å²) < 4.78 is 38.1. The lowest BCUT2D eigenvalue weighted by Gasteiger charge is -2.26. The molecule has 2 aromatic rings. The topological polar surface area (TPSA) is 114 Å². The van der Waals surface area contributed by atoms with Crippen LogP contribution in [-0.4, -0.2) is 64.5 Å². The Balaban J connectivity index is 1.89. The van der Waals surface area contributed by atoms with Crippen LogP contribution in [0.1, 0.15) is 34.1 Å². The van der Waals surface area contributed by atoms with Crippen molar-refractivity contribution in [2.45, 2.75) is 18.2 Å². The maximum Gasteiger partial charge on any atom is 0.255 e. The number of nitrogens with zero attached hydrogens (tertiary/aromatic N) is 1. The number of hydrogen-bond donors (Lipinski definition) is 2. The van der Waals surface area contributed by atoms with Gasteiger partial charge in [0.05, 0.1) is 31.6 Å². The van der Waals surface area contributed by atoms with Crippen LogP contribution in [0.25, 0.3) is 0 Å². The molecule has 0 atom stereocenters. The average molecular weight is 462 g/mol. The van der Waals surface area contributed by atoms with Gasteiger partial charge in [-0.25, -0.2) is 8.42 Å². The van der Waals surface area contributed by atoms with Crippen molar-refractivity contribution in [1.29, 1.82) is 0 Å². The average Bonchev–Trinajstić information content (AvgIpc) is 2.83. The maximum atomic E-state index is 13.1. The van der Waals surface area contributed by atoms with E-state index in [-0.39, 0.29) is 35.2 Å². The summed E-state index contributed by atoms with van der Waals surface area (Å²) in [6.07, 6.45) is 0.784. The molecule has 10 heteroatoms. The monoisotopic (exact) mass is 461 g/mol. The van der Waals surface area contributed by atoms with Crippen LogP contribution in [0.2, 0.25) is 0 Å². The summed E-state index contributed by atoms with van der Waals surface area (Å²) >= 11 is 0. The van der Waals surface area contributed by atoms with Crippen LogP contribution in [0.4, 0.5) is 5.69 Å². The molecule has 2 amide bonds. The lowest BCUT2D eigenvalue weighted by Crippen LogP contribution is -2.40. The zero-order chi connectivity index (χ0) is 23.1. The minimum absolute atomic E-state index is 0.0940. The Morgan fingerprint density at radius 1 is 1.09 bits per heavy atom. The summed E-state index contributed by atoms with van der Waals surface area (Å²) in [5, 5.41) is 5.49. The van der Waals surface area contributed by atoms with Crippen LogP contribution in [-0.2, 0) is 14.8 Å². The Bertz CT molecular complexity index is 1080. The first-order chi connectivity index (χ1) is 15.4. The summed E-state index contributed by atoms with van der Waals surface area (Å²) in [5.74, 6) is -0.692. The van der Waals surface area contributed by atoms with Crippen molar-refractivity contribution in [1.82, 2.24) is 9.62 Å². The molecule has 9 nitrogen and oxygen atoms in total. The summed E-state index contributed by atoms with van der Waals surface area (Å²) in [5.41, 5.74) is 0.782. The molecule has 2 N–H and O–H groups in total. The Morgan fingerprint density at radius 3 is 2.50 bits per heavy atom. The van der Waals surface area contributed by atoms with Gasteiger partial charge in [0, 0.05) is 25.2 Å². The van der Waals surface area contributed by atoms with Gasteiger partial charge in [0.2, 0.25) is 10.0 Å². The Kier molecular flexibility index (Phi) is 7.84. The zero-order valence-electron chi connectivity index (χ0n) is 18.1. The molecule has 0 aliphatic carbocycles. The van der Waals surface area contributed by atoms with E-state index in [0.717, 1.165) is 6.42 Å². The Hall–Kier alpha value is -2.95. The Labute approximate surface area is 187 Å². The smallest absolute Gasteiger partial charge is 0.255 e. The largest absolute Gasteiger partial charge is 0.495 e. The van der Waals surface area contributed by atoms with Crippen molar-refractivity contribution in [2.24, 2.45) is 0 Å². The summed E-state index contributed by atoms with van der Waals surface area (Å²) in [6.45, 7) is 3.52. The van der Waals surface area contributed by atoms with E-state index in [0.29, 0.717) is 31.0 Å². The predicted octanol–water partition coefficient (Wildman–Crippen LogP) is 2.11. The molecule has 0 aromatic heterocycles. The molecule has 1 aliphatic heterocycles. The first kappa shape index (κ1) is 23.7. The van der Waals surface area contributed by atoms with Crippen molar-refractivity contribution < 1.29 is 27.5 Å². The van der Waals surface area contributed by atoms with Gasteiger partial charge in [0.15, 0.2) is 0 Å². The molecule has 0 bridgehead atoms. The molecule has 3 rings (SSSR count). The van der Waals surface area contributed by atoms with Crippen molar-refractivity contribution in [2.75, 3.05) is 45.3 Å². The van der Waals surface area contributed by atoms with Gasteiger partial charge >= 0.3 is 0 Å². The second-order valence-corrected chi connectivity index (χ2v) is 9.04. The molecular weight excluding hydrogens is 434 g/mol. The molecule has 0 saturated carbocycles. The standard InChI is InChI=1S/C22H27N3O6S/c1-3-10-23-22(27)17-6-4-5-7-18(17)24-21(26)16-8-9-19(30-2)20(15-16)32(28,29)25-11-13-31-14-12-25/h4-9,15H,3,10-14H2,1-2H3,(H,23,27)(H,24,26). The maximum absolute atomic E-state index is 13.1. The van der Waals surface area contributed by atoms with Crippen LogP contribution in [0.15, 0.2) is 47.4 Å². The van der Waals surface area contributed by atoms with Crippen molar-refractivity contribution in [3.63, 3.8) is 0 Å². The number of para-hydroxylation sites is 1. The highest BCUT2D eigenvalue weighted by Crippen LogP contribution is 2.29. The predicted molar refractivity (Wildman–Crippen MR) is 120 cm³/mol. The van der Waals surface area contributed by atoms with Crippen LogP contribution in [0.3, 0.4) is 0 Å². The molecule has 2 aromatic carbocycles. The van der Waals surface area contributed by atoms with E-state index < -0.39 is 15.9 Å². The summed E-state index contributed by atoms with van der Waals surface area (Å²) in [7, 11) is -2.51. The van der Waals surface area contributed by atoms with Crippen LogP contribution >= 0.6 is 0 Å². The number of rotatable bonds is 8. The number of ether oxygens (including phenoxy) is 2. The van der Waals surface area contributed by atoms with E-state index in [1.54, 1.807) is 24.3 Å². The fourth-order valence-corrected chi connectivity index (χ4v) is 4.85. The highest BCUT2D eigenvalue weighted by atomic mass is 32.2. The molecule has 0 spiro atoms. The Morgan fingerprint density at radius 2 is 1.81 bits per heavy atom. The van der Waals surface area contributed by atoms with Gasteiger partial charge in [-0.1, -0.05) is 19.1 Å². The number of methoxy groups -OCH3 is 1. The van der Waals surface area contributed by atoms with Crippen molar-refractivity contribution in [3.05, 3.63) is 53.6 Å². The van der Waals surface area contributed by atoms with Gasteiger partial charge in [-0.05, 0) is 36.8 Å². The molecular formula is C22H27N3O6S. The van der Waals surface area contributed by atoms with Gasteiger partial charge in [-0.3, -0.25) is 9.59 Å². The second kappa shape index (κ2) is 10.6. The van der Waals surface area contributed by atoms with Crippen LogP contribution < -0.4 is 15.4 Å². The van der Waals surface area contributed by atoms with E-state index in [4.69, 9.17) is 9.47 Å². The molecule has 1 fully saturated rings. The number of carbonyl (C=O) groups excluding carboxylic acids is 2. The molecule has 1 heterocycles. The number of anilines is 1. The number of sulfonamides is 1. The lowest BCUT2D eigenvalue weighted by molar-refractivity contribution is 0.0729. The SMILES string of the molecule is CCCNC(=O)c1ccccc1NC(=O)c1ccc(OC)c(S(=O)(=O)N2CCOCC2)c1. The molecule has 172 valence electrons. The highest BCUT2D eigenvalue weighted by molar-refractivity contribution is 7.89. The lowest BCUT2D eigenvalue weighted by atomic mass is 10.1. The van der Waals surface area contributed by atoms with Gasteiger partial charge in [-0.15, -0.1) is 0 Å². The van der Waals surface area contributed by atoms with E-state index in [1.165, 1.54) is 29.6 Å². The van der Waals surface area contributed by atoms with Gasteiger partial charge in [0.1, 0.15) is 10.6 Å². The van der Waals surface area contributed by atoms with E-state index in [2.05, 4.69) is 10.6 Å². The third kappa shape index (κ3) is 5.26. The van der Waals surface area contributed by atoms with E-state index in [1.807, 2.05) is 6.92 Å². The first-order valence-corrected chi connectivity index (χ1v) is 11.8. The molecule has 1 saturated heterocycles. The molecule has 32 heavy (non-hydrogen) atoms. The van der Waals surface area contributed by atoms with Crippen molar-refractivity contribution in [3.8, 4) is 5.75 Å². The van der Waals surface area contributed by atoms with Gasteiger partial charge in [-0.2, -0.15) is 4.31 Å². The normalized spacial score (nSPS) is 14.6. The summed E-state index contributed by atoms with van der Waals surface area (Å²) in [6, 6.07) is 10.9. The molecule has 0 radical (unpaired) electrons. The molecule has 0 unspecified atom stereocenters. The number of nitrogens with one attached hydrogen (secondary N) is 2. The van der Waals surface area contributed by atoms with Gasteiger partial charge < -0.3 is 20.1 Å². The van der Waals surface area contributed by atoms with Crippen LogP contribution in [0, 0.1) is 0 Å². The van der Waals surface area contributed by atoms with Crippen molar-refractivity contribution >= 4 is 27.5 Å². The number of carbonyl (C=O) groups is 2. The number of amides is 2. The fraction of sp³-hybridized carbons (Fsp3) is 0.364. The summed E-state index contributed by atoms with van der Waals surface area (Å²) in [4.78, 5) is 25.3. The molecule has 1 aliphatic rings. The second-order valence-electron chi connectivity index (χ2n) is 7.14. The van der Waals surface area contributed by atoms with Crippen LogP contribution in [0.5, 0.6) is 5.75 Å². The third-order valence-corrected chi connectivity index (χ3v) is 6.89. The highest BCUT2D eigenvalue weighted by Gasteiger charge is 2.30.